The van der Waals surface area contributed by atoms with Crippen molar-refractivity contribution in [3.63, 3.8) is 0 Å². The topological polar surface area (TPSA) is 86.6 Å². The smallest absolute Gasteiger partial charge is 0.339 e. The Morgan fingerprint density at radius 2 is 1.90 bits per heavy atom. The van der Waals surface area contributed by atoms with Gasteiger partial charge in [0.25, 0.3) is 0 Å². The van der Waals surface area contributed by atoms with E-state index in [1.807, 2.05) is 27.7 Å². The number of hydrogen-bond acceptors (Lipinski definition) is 3. The molecule has 1 atom stereocenters. The largest absolute Gasteiger partial charge is 0.505 e. The molecule has 1 rings (SSSR count). The van der Waals surface area contributed by atoms with Crippen LogP contribution in [0.2, 0.25) is 0 Å². The molecule has 0 spiro atoms. The molecule has 1 aromatic carbocycles. The minimum absolute atomic E-state index is 0.00228. The maximum atomic E-state index is 11.9. The number of hydrogen-bond donors (Lipinski definition) is 3. The highest BCUT2D eigenvalue weighted by atomic mass is 16.4. The Labute approximate surface area is 118 Å². The molecule has 0 saturated carbocycles. The van der Waals surface area contributed by atoms with Crippen molar-refractivity contribution >= 4 is 17.6 Å². The van der Waals surface area contributed by atoms with Crippen LogP contribution < -0.4 is 5.32 Å². The Morgan fingerprint density at radius 3 is 2.40 bits per heavy atom. The van der Waals surface area contributed by atoms with Crippen molar-refractivity contribution < 1.29 is 19.8 Å². The Balaban J connectivity index is 2.82. The molecule has 1 unspecified atom stereocenters. The molecule has 20 heavy (non-hydrogen) atoms. The number of phenols is 1. The molecule has 1 amide bonds. The number of carboxylic acids is 1. The Morgan fingerprint density at radius 1 is 1.30 bits per heavy atom. The number of amides is 1. The highest BCUT2D eigenvalue weighted by Gasteiger charge is 2.23. The van der Waals surface area contributed by atoms with Gasteiger partial charge in [0.05, 0.1) is 5.69 Å². The number of aromatic hydroxyl groups is 1. The highest BCUT2D eigenvalue weighted by molar-refractivity contribution is 5.97. The van der Waals surface area contributed by atoms with Gasteiger partial charge in [-0.3, -0.25) is 4.79 Å². The van der Waals surface area contributed by atoms with Gasteiger partial charge >= 0.3 is 5.97 Å². The fourth-order valence-corrected chi connectivity index (χ4v) is 1.60. The third-order valence-electron chi connectivity index (χ3n) is 3.51. The summed E-state index contributed by atoms with van der Waals surface area (Å²) in [6, 6.07) is 4.23. The van der Waals surface area contributed by atoms with Crippen LogP contribution in [0.1, 0.15) is 44.5 Å². The Kier molecular flexibility index (Phi) is 4.76. The zero-order valence-electron chi connectivity index (χ0n) is 12.2. The van der Waals surface area contributed by atoms with Crippen molar-refractivity contribution in [3.8, 4) is 5.75 Å². The van der Waals surface area contributed by atoms with Crippen LogP contribution in [0.4, 0.5) is 5.69 Å². The SMILES string of the molecule is CC(CC(=O)Nc1cccc(C(=O)O)c1O)C(C)(C)C. The first-order valence-electron chi connectivity index (χ1n) is 6.48. The summed E-state index contributed by atoms with van der Waals surface area (Å²) >= 11 is 0. The first-order chi connectivity index (χ1) is 9.12. The Hall–Kier alpha value is -2.04. The van der Waals surface area contributed by atoms with Gasteiger partial charge in [-0.05, 0) is 23.5 Å². The lowest BCUT2D eigenvalue weighted by atomic mass is 9.80. The number of benzene rings is 1. The monoisotopic (exact) mass is 279 g/mol. The molecule has 0 aliphatic carbocycles. The molecule has 0 bridgehead atoms. The number of aromatic carboxylic acids is 1. The van der Waals surface area contributed by atoms with Crippen LogP contribution in [-0.2, 0) is 4.79 Å². The van der Waals surface area contributed by atoms with Crippen LogP contribution in [0.25, 0.3) is 0 Å². The fraction of sp³-hybridized carbons (Fsp3) is 0.467. The molecule has 0 radical (unpaired) electrons. The maximum Gasteiger partial charge on any atom is 0.339 e. The van der Waals surface area contributed by atoms with Gasteiger partial charge in [0, 0.05) is 6.42 Å². The number of carbonyl (C=O) groups is 2. The van der Waals surface area contributed by atoms with Gasteiger partial charge in [-0.15, -0.1) is 0 Å². The number of rotatable bonds is 4. The molecule has 1 aromatic rings. The summed E-state index contributed by atoms with van der Waals surface area (Å²) < 4.78 is 0. The number of anilines is 1. The van der Waals surface area contributed by atoms with Crippen LogP contribution in [0, 0.1) is 11.3 Å². The summed E-state index contributed by atoms with van der Waals surface area (Å²) in [5.74, 6) is -1.74. The predicted molar refractivity (Wildman–Crippen MR) is 76.9 cm³/mol. The van der Waals surface area contributed by atoms with E-state index in [2.05, 4.69) is 5.32 Å². The number of carbonyl (C=O) groups excluding carboxylic acids is 1. The zero-order valence-corrected chi connectivity index (χ0v) is 12.2. The standard InChI is InChI=1S/C15H21NO4/c1-9(15(2,3)4)8-12(17)16-11-7-5-6-10(13(11)18)14(19)20/h5-7,9,18H,8H2,1-4H3,(H,16,17)(H,19,20). The summed E-state index contributed by atoms with van der Waals surface area (Å²) in [6.45, 7) is 8.13. The molecule has 0 saturated heterocycles. The lowest BCUT2D eigenvalue weighted by molar-refractivity contribution is -0.117. The van der Waals surface area contributed by atoms with Gasteiger partial charge in [-0.1, -0.05) is 33.8 Å². The van der Waals surface area contributed by atoms with Crippen LogP contribution in [0.5, 0.6) is 5.75 Å². The van der Waals surface area contributed by atoms with E-state index in [4.69, 9.17) is 5.11 Å². The molecule has 5 heteroatoms. The lowest BCUT2D eigenvalue weighted by Crippen LogP contribution is -2.24. The number of nitrogens with one attached hydrogen (secondary N) is 1. The van der Waals surface area contributed by atoms with E-state index in [-0.39, 0.29) is 28.5 Å². The lowest BCUT2D eigenvalue weighted by Gasteiger charge is -2.26. The summed E-state index contributed by atoms with van der Waals surface area (Å²) in [6.07, 6.45) is 0.306. The molecular formula is C15H21NO4. The van der Waals surface area contributed by atoms with E-state index >= 15 is 0 Å². The summed E-state index contributed by atoms with van der Waals surface area (Å²) in [7, 11) is 0. The third-order valence-corrected chi connectivity index (χ3v) is 3.51. The zero-order chi connectivity index (χ0) is 15.5. The van der Waals surface area contributed by atoms with Crippen LogP contribution >= 0.6 is 0 Å². The molecule has 0 aliphatic rings. The quantitative estimate of drug-likeness (QED) is 0.739. The van der Waals surface area contributed by atoms with Gasteiger partial charge < -0.3 is 15.5 Å². The Bertz CT molecular complexity index is 517. The van der Waals surface area contributed by atoms with E-state index in [9.17, 15) is 14.7 Å². The summed E-state index contributed by atoms with van der Waals surface area (Å²) in [5.41, 5.74) is -0.106. The highest BCUT2D eigenvalue weighted by Crippen LogP contribution is 2.30. The van der Waals surface area contributed by atoms with Crippen LogP contribution in [0.15, 0.2) is 18.2 Å². The molecule has 0 fully saturated rings. The minimum atomic E-state index is -1.23. The number of para-hydroxylation sites is 1. The number of carboxylic acid groups (broad SMARTS) is 1. The normalized spacial score (nSPS) is 12.8. The van der Waals surface area contributed by atoms with E-state index in [0.29, 0.717) is 6.42 Å². The van der Waals surface area contributed by atoms with E-state index < -0.39 is 11.7 Å². The van der Waals surface area contributed by atoms with Gasteiger partial charge in [0.15, 0.2) is 5.75 Å². The predicted octanol–water partition coefficient (Wildman–Crippen LogP) is 3.10. The van der Waals surface area contributed by atoms with Gasteiger partial charge in [0.1, 0.15) is 5.56 Å². The van der Waals surface area contributed by atoms with E-state index in [1.54, 1.807) is 0 Å². The second-order valence-electron chi connectivity index (χ2n) is 6.03. The van der Waals surface area contributed by atoms with Crippen molar-refractivity contribution in [2.24, 2.45) is 11.3 Å². The molecule has 110 valence electrons. The average Bonchev–Trinajstić information content (AvgIpc) is 2.30. The molecule has 3 N–H and O–H groups in total. The molecule has 0 heterocycles. The fourth-order valence-electron chi connectivity index (χ4n) is 1.60. The molecule has 5 nitrogen and oxygen atoms in total. The molecule has 0 aromatic heterocycles. The second-order valence-corrected chi connectivity index (χ2v) is 6.03. The third kappa shape index (κ3) is 3.98. The van der Waals surface area contributed by atoms with E-state index in [0.717, 1.165) is 0 Å². The minimum Gasteiger partial charge on any atom is -0.505 e. The average molecular weight is 279 g/mol. The maximum absolute atomic E-state index is 11.9. The van der Waals surface area contributed by atoms with E-state index in [1.165, 1.54) is 18.2 Å². The van der Waals surface area contributed by atoms with Crippen molar-refractivity contribution in [1.82, 2.24) is 0 Å². The van der Waals surface area contributed by atoms with Gasteiger partial charge in [-0.25, -0.2) is 4.79 Å². The van der Waals surface area contributed by atoms with Crippen LogP contribution in [0.3, 0.4) is 0 Å². The first-order valence-corrected chi connectivity index (χ1v) is 6.48. The van der Waals surface area contributed by atoms with Crippen molar-refractivity contribution in [2.75, 3.05) is 5.32 Å². The van der Waals surface area contributed by atoms with Crippen molar-refractivity contribution in [3.05, 3.63) is 23.8 Å². The van der Waals surface area contributed by atoms with Gasteiger partial charge in [-0.2, -0.15) is 0 Å². The first kappa shape index (κ1) is 16.0. The summed E-state index contributed by atoms with van der Waals surface area (Å²) in [5, 5.41) is 21.3. The molecule has 0 aliphatic heterocycles. The van der Waals surface area contributed by atoms with Crippen LogP contribution in [-0.4, -0.2) is 22.1 Å². The van der Waals surface area contributed by atoms with Gasteiger partial charge in [0.2, 0.25) is 5.91 Å². The van der Waals surface area contributed by atoms with Crippen molar-refractivity contribution in [2.45, 2.75) is 34.1 Å². The van der Waals surface area contributed by atoms with Crippen molar-refractivity contribution in [1.29, 1.82) is 0 Å². The second kappa shape index (κ2) is 5.94. The molecular weight excluding hydrogens is 258 g/mol. The summed E-state index contributed by atoms with van der Waals surface area (Å²) in [4.78, 5) is 22.8.